The fourth-order valence-electron chi connectivity index (χ4n) is 3.81. The van der Waals surface area contributed by atoms with Gasteiger partial charge in [0.15, 0.2) is 10.7 Å². The molecule has 0 aromatic carbocycles. The first kappa shape index (κ1) is 28.1. The summed E-state index contributed by atoms with van der Waals surface area (Å²) in [6.45, 7) is 0.581. The van der Waals surface area contributed by atoms with Gasteiger partial charge in [0.05, 0.1) is 35.5 Å². The lowest BCUT2D eigenvalue weighted by Gasteiger charge is -2.20. The molecule has 0 amide bonds. The Balaban J connectivity index is 1.41. The molecule has 4 aromatic rings. The molecule has 0 bridgehead atoms. The first-order valence-corrected chi connectivity index (χ1v) is 15.3. The van der Waals surface area contributed by atoms with Crippen LogP contribution in [0.5, 0.6) is 0 Å². The number of ketones is 1. The van der Waals surface area contributed by atoms with E-state index < -0.39 is 26.2 Å². The van der Waals surface area contributed by atoms with Crippen molar-refractivity contribution in [1.29, 1.82) is 0 Å². The number of fused-ring (bicyclic) bond motifs is 3. The third-order valence-electron chi connectivity index (χ3n) is 6.07. The van der Waals surface area contributed by atoms with Gasteiger partial charge in [-0.25, -0.2) is 4.98 Å². The third kappa shape index (κ3) is 4.84. The molecule has 0 fully saturated rings. The van der Waals surface area contributed by atoms with E-state index >= 15 is 0 Å². The van der Waals surface area contributed by atoms with Crippen molar-refractivity contribution in [1.82, 2.24) is 41.5 Å². The van der Waals surface area contributed by atoms with Gasteiger partial charge in [-0.3, -0.25) is 9.80 Å². The van der Waals surface area contributed by atoms with Crippen molar-refractivity contribution in [3.05, 3.63) is 52.2 Å². The summed E-state index contributed by atoms with van der Waals surface area (Å²) in [7, 11) is -0.195. The monoisotopic (exact) mass is 610 g/mol. The molecule has 0 aliphatic carbocycles. The van der Waals surface area contributed by atoms with Crippen molar-refractivity contribution in [2.45, 2.75) is 13.2 Å². The van der Waals surface area contributed by atoms with Crippen molar-refractivity contribution >= 4 is 54.1 Å². The van der Waals surface area contributed by atoms with E-state index in [2.05, 4.69) is 20.3 Å². The molecule has 214 valence electrons. The zero-order valence-electron chi connectivity index (χ0n) is 22.2. The second-order valence-corrected chi connectivity index (χ2v) is 14.1. The minimum atomic E-state index is -3.86. The Morgan fingerprint density at radius 3 is 2.35 bits per heavy atom. The number of hydrogen-bond acceptors (Lipinski definition) is 12. The van der Waals surface area contributed by atoms with Crippen LogP contribution in [0.15, 0.2) is 29.6 Å². The first-order valence-electron chi connectivity index (χ1n) is 11.7. The molecule has 0 radical (unpaired) electrons. The van der Waals surface area contributed by atoms with Crippen molar-refractivity contribution in [2.24, 2.45) is 12.1 Å². The lowest BCUT2D eigenvalue weighted by atomic mass is 10.2. The van der Waals surface area contributed by atoms with Crippen LogP contribution in [0.3, 0.4) is 0 Å². The van der Waals surface area contributed by atoms with Crippen LogP contribution in [0.2, 0.25) is 0 Å². The molecule has 1 aliphatic rings. The Hall–Kier alpha value is -3.49. The summed E-state index contributed by atoms with van der Waals surface area (Å²) in [5.74, 6) is -0.508. The predicted octanol–water partition coefficient (Wildman–Crippen LogP) is -0.108. The van der Waals surface area contributed by atoms with Crippen molar-refractivity contribution in [3.8, 4) is 0 Å². The molecule has 4 aromatic heterocycles. The fraction of sp³-hybridized carbons (Fsp3) is 0.381. The molecular weight excluding hydrogens is 584 g/mol. The summed E-state index contributed by atoms with van der Waals surface area (Å²) in [4.78, 5) is 17.6. The van der Waals surface area contributed by atoms with Crippen LogP contribution in [-0.2, 0) is 45.4 Å². The van der Waals surface area contributed by atoms with Crippen LogP contribution in [0, 0.1) is 0 Å². The quantitative estimate of drug-likeness (QED) is 0.245. The number of rotatable bonds is 8. The normalized spacial score (nSPS) is 14.7. The molecule has 0 spiro atoms. The summed E-state index contributed by atoms with van der Waals surface area (Å²) >= 11 is 1.15. The van der Waals surface area contributed by atoms with Crippen molar-refractivity contribution < 1.29 is 26.4 Å². The average Bonchev–Trinajstić information content (AvgIpc) is 3.67. The van der Waals surface area contributed by atoms with E-state index in [9.17, 15) is 21.6 Å². The molecule has 0 atom stereocenters. The summed E-state index contributed by atoms with van der Waals surface area (Å²) in [6, 6.07) is 2.92. The molecular formula is C21H26N10O6S3. The summed E-state index contributed by atoms with van der Waals surface area (Å²) < 4.78 is 61.3. The zero-order valence-corrected chi connectivity index (χ0v) is 24.6. The first-order chi connectivity index (χ1) is 18.8. The van der Waals surface area contributed by atoms with Crippen LogP contribution >= 0.6 is 11.3 Å². The number of hydrazone groups is 1. The highest BCUT2D eigenvalue weighted by Crippen LogP contribution is 2.32. The lowest BCUT2D eigenvalue weighted by molar-refractivity contribution is 0.0118. The summed E-state index contributed by atoms with van der Waals surface area (Å²) in [5, 5.41) is 14.4. The van der Waals surface area contributed by atoms with Crippen molar-refractivity contribution in [2.75, 3.05) is 34.9 Å². The SMILES string of the molecule is CN(C)S(=O)(=O)n1ccc(CN2COCc3c(c4sc(C(=O)c5ccn(S(=O)(=O)N(C)C)n5)nc4n3C)C=N2)n1. The average molecular weight is 611 g/mol. The minimum absolute atomic E-state index is 0.0498. The largest absolute Gasteiger partial charge is 0.353 e. The molecule has 0 saturated carbocycles. The van der Waals surface area contributed by atoms with Gasteiger partial charge in [-0.1, -0.05) is 0 Å². The van der Waals surface area contributed by atoms with Gasteiger partial charge in [0.1, 0.15) is 12.4 Å². The second-order valence-electron chi connectivity index (χ2n) is 9.14. The molecule has 40 heavy (non-hydrogen) atoms. The van der Waals surface area contributed by atoms with Gasteiger partial charge in [-0.15, -0.1) is 11.3 Å². The number of aromatic nitrogens is 6. The Kier molecular flexibility index (Phi) is 7.13. The Bertz CT molecular complexity index is 1850. The Morgan fingerprint density at radius 1 is 1.02 bits per heavy atom. The van der Waals surface area contributed by atoms with E-state index in [4.69, 9.17) is 4.74 Å². The number of nitrogens with zero attached hydrogens (tertiary/aromatic N) is 10. The standard InChI is InChI=1S/C21H26N10O6S3/c1-26(2)39(33,34)30-8-6-14(24-30)11-29-13-37-12-17-15(10-22-29)19-20(28(17)5)23-21(38-19)18(32)16-7-9-31(25-16)40(35,36)27(3)4/h6-10H,11-13H2,1-5H3. The molecule has 16 nitrogen and oxygen atoms in total. The Labute approximate surface area is 234 Å². The van der Waals surface area contributed by atoms with Gasteiger partial charge < -0.3 is 9.30 Å². The van der Waals surface area contributed by atoms with Crippen LogP contribution in [0.1, 0.15) is 32.4 Å². The highest BCUT2D eigenvalue weighted by Gasteiger charge is 2.26. The van der Waals surface area contributed by atoms with Gasteiger partial charge in [0.25, 0.3) is 0 Å². The van der Waals surface area contributed by atoms with Crippen LogP contribution in [0.4, 0.5) is 0 Å². The van der Waals surface area contributed by atoms with E-state index in [1.807, 2.05) is 11.6 Å². The highest BCUT2D eigenvalue weighted by molar-refractivity contribution is 7.87. The topological polar surface area (TPSA) is 170 Å². The molecule has 0 N–H and O–H groups in total. The number of ether oxygens (including phenoxy) is 1. The van der Waals surface area contributed by atoms with Crippen LogP contribution < -0.4 is 0 Å². The number of carbonyl (C=O) groups excluding carboxylic acids is 1. The maximum atomic E-state index is 13.1. The van der Waals surface area contributed by atoms with Crippen LogP contribution in [0.25, 0.3) is 10.3 Å². The van der Waals surface area contributed by atoms with E-state index in [-0.39, 0.29) is 30.6 Å². The zero-order chi connectivity index (χ0) is 29.0. The fourth-order valence-corrected chi connectivity index (χ4v) is 6.38. The van der Waals surface area contributed by atoms with Gasteiger partial charge in [0.2, 0.25) is 5.78 Å². The molecule has 0 saturated heterocycles. The highest BCUT2D eigenvalue weighted by atomic mass is 32.2. The number of hydrogen-bond donors (Lipinski definition) is 0. The molecule has 0 unspecified atom stereocenters. The summed E-state index contributed by atoms with van der Waals surface area (Å²) in [5.41, 5.74) is 2.52. The number of carbonyl (C=O) groups is 1. The maximum absolute atomic E-state index is 13.1. The van der Waals surface area contributed by atoms with Gasteiger partial charge in [-0.05, 0) is 12.1 Å². The summed E-state index contributed by atoms with van der Waals surface area (Å²) in [6.07, 6.45) is 4.23. The third-order valence-corrected chi connectivity index (χ3v) is 10.3. The smallest absolute Gasteiger partial charge is 0.322 e. The van der Waals surface area contributed by atoms with Crippen molar-refractivity contribution in [3.63, 3.8) is 0 Å². The van der Waals surface area contributed by atoms with Gasteiger partial charge in [-0.2, -0.15) is 48.9 Å². The second kappa shape index (κ2) is 10.2. The van der Waals surface area contributed by atoms with E-state index in [1.165, 1.54) is 46.7 Å². The minimum Gasteiger partial charge on any atom is -0.353 e. The molecule has 1 aliphatic heterocycles. The maximum Gasteiger partial charge on any atom is 0.322 e. The molecule has 19 heteroatoms. The number of aryl methyl sites for hydroxylation is 1. The van der Waals surface area contributed by atoms with Crippen LogP contribution in [-0.4, -0.2) is 105 Å². The van der Waals surface area contributed by atoms with E-state index in [1.54, 1.807) is 17.3 Å². The van der Waals surface area contributed by atoms with Gasteiger partial charge >= 0.3 is 20.4 Å². The predicted molar refractivity (Wildman–Crippen MR) is 145 cm³/mol. The van der Waals surface area contributed by atoms with E-state index in [0.717, 1.165) is 39.4 Å². The molecule has 5 heterocycles. The van der Waals surface area contributed by atoms with Gasteiger partial charge in [0, 0.05) is 53.2 Å². The van der Waals surface area contributed by atoms with E-state index in [0.29, 0.717) is 16.0 Å². The molecule has 5 rings (SSSR count). The lowest BCUT2D eigenvalue weighted by Crippen LogP contribution is -2.29. The Morgan fingerprint density at radius 2 is 1.68 bits per heavy atom. The number of thiazole rings is 1.